The zero-order chi connectivity index (χ0) is 17.1. The molecule has 2 aromatic rings. The van der Waals surface area contributed by atoms with Crippen LogP contribution < -0.4 is 10.2 Å². The summed E-state index contributed by atoms with van der Waals surface area (Å²) in [5.74, 6) is 0.530. The first-order valence-corrected chi connectivity index (χ1v) is 8.22. The minimum absolute atomic E-state index is 0.172. The standard InChI is InChI=1S/C18H21N3O3/c1-3-15-17(12(2)24-20-15)18(23)19-11-13-6-8-14(9-7-13)21-10-4-5-16(21)22/h6-9H,3-5,10-11H2,1-2H3,(H,19,23). The van der Waals surface area contributed by atoms with Crippen LogP contribution in [-0.4, -0.2) is 23.5 Å². The molecule has 3 rings (SSSR count). The molecule has 1 N–H and O–H groups in total. The van der Waals surface area contributed by atoms with Gasteiger partial charge in [0, 0.05) is 25.2 Å². The van der Waals surface area contributed by atoms with Crippen LogP contribution in [0.15, 0.2) is 28.8 Å². The molecule has 0 spiro atoms. The molecule has 0 saturated carbocycles. The molecule has 1 fully saturated rings. The number of carbonyl (C=O) groups is 2. The number of anilines is 1. The molecule has 0 aliphatic carbocycles. The number of rotatable bonds is 5. The summed E-state index contributed by atoms with van der Waals surface area (Å²) in [6.07, 6.45) is 2.18. The van der Waals surface area contributed by atoms with Crippen LogP contribution in [0.4, 0.5) is 5.69 Å². The van der Waals surface area contributed by atoms with E-state index in [1.54, 1.807) is 11.8 Å². The first-order chi connectivity index (χ1) is 11.6. The summed E-state index contributed by atoms with van der Waals surface area (Å²) in [6, 6.07) is 7.71. The highest BCUT2D eigenvalue weighted by Crippen LogP contribution is 2.21. The van der Waals surface area contributed by atoms with E-state index in [4.69, 9.17) is 4.52 Å². The molecule has 1 aliphatic heterocycles. The quantitative estimate of drug-likeness (QED) is 0.916. The summed E-state index contributed by atoms with van der Waals surface area (Å²) in [4.78, 5) is 25.9. The molecule has 1 aromatic heterocycles. The Morgan fingerprint density at radius 3 is 2.71 bits per heavy atom. The average molecular weight is 327 g/mol. The van der Waals surface area contributed by atoms with Gasteiger partial charge >= 0.3 is 0 Å². The number of aryl methyl sites for hydroxylation is 2. The number of hydrogen-bond donors (Lipinski definition) is 1. The van der Waals surface area contributed by atoms with Crippen molar-refractivity contribution in [2.24, 2.45) is 0 Å². The van der Waals surface area contributed by atoms with Crippen LogP contribution in [0.2, 0.25) is 0 Å². The largest absolute Gasteiger partial charge is 0.361 e. The van der Waals surface area contributed by atoms with E-state index in [9.17, 15) is 9.59 Å². The van der Waals surface area contributed by atoms with Crippen LogP contribution in [0, 0.1) is 6.92 Å². The molecular formula is C18H21N3O3. The van der Waals surface area contributed by atoms with Crippen molar-refractivity contribution in [2.45, 2.75) is 39.7 Å². The van der Waals surface area contributed by atoms with Crippen LogP contribution in [0.1, 0.15) is 47.1 Å². The van der Waals surface area contributed by atoms with Gasteiger partial charge in [0.05, 0.1) is 5.69 Å². The first-order valence-electron chi connectivity index (χ1n) is 8.22. The highest BCUT2D eigenvalue weighted by molar-refractivity contribution is 5.96. The lowest BCUT2D eigenvalue weighted by molar-refractivity contribution is -0.117. The molecule has 2 amide bonds. The number of carbonyl (C=O) groups excluding carboxylic acids is 2. The van der Waals surface area contributed by atoms with Gasteiger partial charge in [0.25, 0.3) is 5.91 Å². The van der Waals surface area contributed by atoms with Gasteiger partial charge in [-0.3, -0.25) is 9.59 Å². The smallest absolute Gasteiger partial charge is 0.257 e. The Bertz CT molecular complexity index is 749. The first kappa shape index (κ1) is 16.2. The highest BCUT2D eigenvalue weighted by Gasteiger charge is 2.21. The van der Waals surface area contributed by atoms with Gasteiger partial charge < -0.3 is 14.7 Å². The van der Waals surface area contributed by atoms with E-state index in [1.807, 2.05) is 31.2 Å². The van der Waals surface area contributed by atoms with E-state index in [0.29, 0.717) is 36.4 Å². The van der Waals surface area contributed by atoms with Gasteiger partial charge in [-0.25, -0.2) is 0 Å². The Balaban J connectivity index is 1.63. The van der Waals surface area contributed by atoms with E-state index in [2.05, 4.69) is 10.5 Å². The molecule has 0 bridgehead atoms. The monoisotopic (exact) mass is 327 g/mol. The van der Waals surface area contributed by atoms with Gasteiger partial charge in [0.1, 0.15) is 11.3 Å². The summed E-state index contributed by atoms with van der Waals surface area (Å²) in [5, 5.41) is 6.80. The summed E-state index contributed by atoms with van der Waals surface area (Å²) < 4.78 is 5.09. The molecule has 6 heteroatoms. The maximum atomic E-state index is 12.3. The van der Waals surface area contributed by atoms with Crippen LogP contribution in [0.5, 0.6) is 0 Å². The lowest BCUT2D eigenvalue weighted by Crippen LogP contribution is -2.25. The van der Waals surface area contributed by atoms with Crippen LogP contribution >= 0.6 is 0 Å². The second-order valence-corrected chi connectivity index (χ2v) is 5.91. The van der Waals surface area contributed by atoms with Crippen LogP contribution in [0.25, 0.3) is 0 Å². The second-order valence-electron chi connectivity index (χ2n) is 5.91. The second kappa shape index (κ2) is 6.86. The Morgan fingerprint density at radius 2 is 2.08 bits per heavy atom. The summed E-state index contributed by atoms with van der Waals surface area (Å²) >= 11 is 0. The van der Waals surface area contributed by atoms with E-state index in [-0.39, 0.29) is 11.8 Å². The van der Waals surface area contributed by atoms with Crippen LogP contribution in [-0.2, 0) is 17.8 Å². The maximum Gasteiger partial charge on any atom is 0.257 e. The number of nitrogens with one attached hydrogen (secondary N) is 1. The third kappa shape index (κ3) is 3.18. The third-order valence-electron chi connectivity index (χ3n) is 4.27. The predicted molar refractivity (Wildman–Crippen MR) is 89.8 cm³/mol. The molecule has 0 radical (unpaired) electrons. The zero-order valence-electron chi connectivity index (χ0n) is 14.0. The van der Waals surface area contributed by atoms with Gasteiger partial charge in [-0.05, 0) is 37.5 Å². The molecular weight excluding hydrogens is 306 g/mol. The van der Waals surface area contributed by atoms with Crippen molar-refractivity contribution in [2.75, 3.05) is 11.4 Å². The van der Waals surface area contributed by atoms with Gasteiger partial charge in [-0.15, -0.1) is 0 Å². The summed E-state index contributed by atoms with van der Waals surface area (Å²) in [5.41, 5.74) is 3.09. The molecule has 0 unspecified atom stereocenters. The fourth-order valence-corrected chi connectivity index (χ4v) is 2.94. The Morgan fingerprint density at radius 1 is 1.33 bits per heavy atom. The van der Waals surface area contributed by atoms with Crippen molar-refractivity contribution >= 4 is 17.5 Å². The van der Waals surface area contributed by atoms with Gasteiger partial charge in [-0.1, -0.05) is 24.2 Å². The Kier molecular flexibility index (Phi) is 4.64. The number of benzene rings is 1. The minimum Gasteiger partial charge on any atom is -0.361 e. The van der Waals surface area contributed by atoms with Crippen molar-refractivity contribution < 1.29 is 14.1 Å². The van der Waals surface area contributed by atoms with Crippen molar-refractivity contribution in [3.63, 3.8) is 0 Å². The minimum atomic E-state index is -0.176. The van der Waals surface area contributed by atoms with Crippen molar-refractivity contribution in [3.8, 4) is 0 Å². The molecule has 1 aliphatic rings. The SMILES string of the molecule is CCc1noc(C)c1C(=O)NCc1ccc(N2CCCC2=O)cc1. The topological polar surface area (TPSA) is 75.4 Å². The lowest BCUT2D eigenvalue weighted by atomic mass is 10.1. The maximum absolute atomic E-state index is 12.3. The van der Waals surface area contributed by atoms with Gasteiger partial charge in [0.2, 0.25) is 5.91 Å². The normalized spacial score (nSPS) is 14.2. The number of aromatic nitrogens is 1. The fraction of sp³-hybridized carbons (Fsp3) is 0.389. The fourth-order valence-electron chi connectivity index (χ4n) is 2.94. The summed E-state index contributed by atoms with van der Waals surface area (Å²) in [6.45, 7) is 4.87. The number of amides is 2. The van der Waals surface area contributed by atoms with E-state index < -0.39 is 0 Å². The Hall–Kier alpha value is -2.63. The molecule has 1 saturated heterocycles. The highest BCUT2D eigenvalue weighted by atomic mass is 16.5. The van der Waals surface area contributed by atoms with Crippen molar-refractivity contribution in [1.82, 2.24) is 10.5 Å². The Labute approximate surface area is 140 Å². The molecule has 2 heterocycles. The summed E-state index contributed by atoms with van der Waals surface area (Å²) in [7, 11) is 0. The van der Waals surface area contributed by atoms with Crippen LogP contribution in [0.3, 0.4) is 0 Å². The molecule has 0 atom stereocenters. The van der Waals surface area contributed by atoms with Crippen molar-refractivity contribution in [1.29, 1.82) is 0 Å². The number of hydrogen-bond acceptors (Lipinski definition) is 4. The zero-order valence-corrected chi connectivity index (χ0v) is 14.0. The average Bonchev–Trinajstić information content (AvgIpc) is 3.18. The van der Waals surface area contributed by atoms with E-state index in [0.717, 1.165) is 24.2 Å². The van der Waals surface area contributed by atoms with Gasteiger partial charge in [-0.2, -0.15) is 0 Å². The van der Waals surface area contributed by atoms with E-state index >= 15 is 0 Å². The van der Waals surface area contributed by atoms with E-state index in [1.165, 1.54) is 0 Å². The molecule has 1 aromatic carbocycles. The molecule has 126 valence electrons. The van der Waals surface area contributed by atoms with Crippen molar-refractivity contribution in [3.05, 3.63) is 46.8 Å². The predicted octanol–water partition coefficient (Wildman–Crippen LogP) is 2.60. The molecule has 6 nitrogen and oxygen atoms in total. The third-order valence-corrected chi connectivity index (χ3v) is 4.27. The van der Waals surface area contributed by atoms with Gasteiger partial charge in [0.15, 0.2) is 0 Å². The molecule has 24 heavy (non-hydrogen) atoms. The lowest BCUT2D eigenvalue weighted by Gasteiger charge is -2.16. The number of nitrogens with zero attached hydrogens (tertiary/aromatic N) is 2.